The molecule has 0 aliphatic rings. The molecule has 0 saturated carbocycles. The van der Waals surface area contributed by atoms with Crippen molar-refractivity contribution in [2.24, 2.45) is 0 Å². The van der Waals surface area contributed by atoms with Crippen LogP contribution in [-0.2, 0) is 0 Å². The van der Waals surface area contributed by atoms with E-state index in [2.05, 4.69) is 10.3 Å². The number of carbonyl (C=O) groups excluding carboxylic acids is 2. The lowest BCUT2D eigenvalue weighted by Gasteiger charge is -2.12. The summed E-state index contributed by atoms with van der Waals surface area (Å²) in [6.45, 7) is 1.75. The molecule has 0 fully saturated rings. The summed E-state index contributed by atoms with van der Waals surface area (Å²) in [6.07, 6.45) is 1.65. The molecule has 1 amide bonds. The number of benzene rings is 2. The van der Waals surface area contributed by atoms with E-state index in [0.29, 0.717) is 10.4 Å². The highest BCUT2D eigenvalue weighted by molar-refractivity contribution is 7.16. The highest BCUT2D eigenvalue weighted by Crippen LogP contribution is 2.26. The molecule has 1 heterocycles. The molecule has 3 rings (SSSR count). The number of hydrogen-bond acceptors (Lipinski definition) is 5. The fourth-order valence-corrected chi connectivity index (χ4v) is 3.45. The van der Waals surface area contributed by atoms with E-state index in [-0.39, 0.29) is 24.2 Å². The van der Waals surface area contributed by atoms with Crippen LogP contribution in [0.2, 0.25) is 0 Å². The average molecular weight is 398 g/mol. The highest BCUT2D eigenvalue weighted by Gasteiger charge is 2.17. The van der Waals surface area contributed by atoms with Crippen molar-refractivity contribution in [2.75, 3.05) is 7.11 Å². The lowest BCUT2D eigenvalue weighted by atomic mass is 10.0. The lowest BCUT2D eigenvalue weighted by molar-refractivity contribution is 0.0921. The summed E-state index contributed by atoms with van der Waals surface area (Å²) < 4.78 is 18.1. The fourth-order valence-electron chi connectivity index (χ4n) is 2.62. The van der Waals surface area contributed by atoms with Crippen LogP contribution in [0.5, 0.6) is 5.75 Å². The van der Waals surface area contributed by atoms with Gasteiger partial charge in [-0.05, 0) is 55.5 Å². The molecule has 144 valence electrons. The van der Waals surface area contributed by atoms with Gasteiger partial charge in [-0.3, -0.25) is 9.59 Å². The molecule has 5 nitrogen and oxygen atoms in total. The third-order valence-corrected chi connectivity index (χ3v) is 5.15. The van der Waals surface area contributed by atoms with Crippen molar-refractivity contribution in [3.63, 3.8) is 0 Å². The number of rotatable bonds is 7. The number of ketones is 1. The van der Waals surface area contributed by atoms with Gasteiger partial charge in [-0.2, -0.15) is 0 Å². The number of halogens is 1. The molecule has 1 N–H and O–H groups in total. The molecular formula is C21H19FN2O3S. The van der Waals surface area contributed by atoms with Crippen molar-refractivity contribution in [1.29, 1.82) is 0 Å². The standard InChI is InChI=1S/C21H19FN2O3S/c1-13(11-18(25)14-3-7-16(22)8-4-14)24-20(26)19-12-23-21(28-19)15-5-9-17(27-2)10-6-15/h3-10,12-13H,11H2,1-2H3,(H,24,26). The molecule has 1 atom stereocenters. The maximum Gasteiger partial charge on any atom is 0.263 e. The van der Waals surface area contributed by atoms with Crippen LogP contribution in [-0.4, -0.2) is 29.8 Å². The van der Waals surface area contributed by atoms with Gasteiger partial charge in [0, 0.05) is 23.6 Å². The number of aromatic nitrogens is 1. The van der Waals surface area contributed by atoms with Crippen LogP contribution in [0.3, 0.4) is 0 Å². The first kappa shape index (κ1) is 19.7. The second kappa shape index (κ2) is 8.75. The van der Waals surface area contributed by atoms with Crippen LogP contribution in [0.25, 0.3) is 10.6 Å². The first-order valence-corrected chi connectivity index (χ1v) is 9.48. The first-order chi connectivity index (χ1) is 13.5. The normalized spacial score (nSPS) is 11.7. The van der Waals surface area contributed by atoms with Gasteiger partial charge < -0.3 is 10.1 Å². The van der Waals surface area contributed by atoms with E-state index in [0.717, 1.165) is 16.3 Å². The van der Waals surface area contributed by atoms with Gasteiger partial charge in [0.15, 0.2) is 5.78 Å². The van der Waals surface area contributed by atoms with E-state index in [1.54, 1.807) is 14.0 Å². The first-order valence-electron chi connectivity index (χ1n) is 8.66. The number of hydrogen-bond donors (Lipinski definition) is 1. The minimum Gasteiger partial charge on any atom is -0.497 e. The number of Topliss-reactive ketones (excluding diaryl/α,β-unsaturated/α-hetero) is 1. The minimum atomic E-state index is -0.393. The van der Waals surface area contributed by atoms with E-state index < -0.39 is 5.82 Å². The van der Waals surface area contributed by atoms with Crippen LogP contribution in [0.1, 0.15) is 33.4 Å². The largest absolute Gasteiger partial charge is 0.497 e. The van der Waals surface area contributed by atoms with Crippen molar-refractivity contribution < 1.29 is 18.7 Å². The smallest absolute Gasteiger partial charge is 0.263 e. The molecule has 0 saturated heterocycles. The Morgan fingerprint density at radius 1 is 1.14 bits per heavy atom. The molecule has 0 radical (unpaired) electrons. The molecule has 3 aromatic rings. The van der Waals surface area contributed by atoms with Crippen LogP contribution < -0.4 is 10.1 Å². The quantitative estimate of drug-likeness (QED) is 0.601. The summed E-state index contributed by atoms with van der Waals surface area (Å²) in [5.74, 6) is -0.0821. The minimum absolute atomic E-state index is 0.127. The maximum atomic E-state index is 13.0. The van der Waals surface area contributed by atoms with Crippen molar-refractivity contribution in [3.05, 3.63) is 71.0 Å². The third kappa shape index (κ3) is 4.80. The summed E-state index contributed by atoms with van der Waals surface area (Å²) in [7, 11) is 1.60. The Kier molecular flexibility index (Phi) is 6.16. The summed E-state index contributed by atoms with van der Waals surface area (Å²) in [6, 6.07) is 12.4. The van der Waals surface area contributed by atoms with Gasteiger partial charge in [0.2, 0.25) is 0 Å². The Morgan fingerprint density at radius 2 is 1.82 bits per heavy atom. The van der Waals surface area contributed by atoms with Gasteiger partial charge in [-0.25, -0.2) is 9.37 Å². The number of nitrogens with one attached hydrogen (secondary N) is 1. The Labute approximate surface area is 166 Å². The van der Waals surface area contributed by atoms with Gasteiger partial charge in [0.1, 0.15) is 21.5 Å². The maximum absolute atomic E-state index is 13.0. The summed E-state index contributed by atoms with van der Waals surface area (Å²) in [5.41, 5.74) is 1.31. The predicted molar refractivity (Wildman–Crippen MR) is 106 cm³/mol. The van der Waals surface area contributed by atoms with Crippen LogP contribution >= 0.6 is 11.3 Å². The Hall–Kier alpha value is -3.06. The van der Waals surface area contributed by atoms with Gasteiger partial charge in [-0.15, -0.1) is 11.3 Å². The number of nitrogens with zero attached hydrogens (tertiary/aromatic N) is 1. The zero-order valence-electron chi connectivity index (χ0n) is 15.4. The molecular weight excluding hydrogens is 379 g/mol. The lowest BCUT2D eigenvalue weighted by Crippen LogP contribution is -2.33. The summed E-state index contributed by atoms with van der Waals surface area (Å²) >= 11 is 1.28. The molecule has 28 heavy (non-hydrogen) atoms. The van der Waals surface area contributed by atoms with E-state index in [4.69, 9.17) is 4.74 Å². The second-order valence-corrected chi connectivity index (χ2v) is 7.30. The topological polar surface area (TPSA) is 68.3 Å². The Balaban J connectivity index is 1.60. The van der Waals surface area contributed by atoms with Gasteiger partial charge in [0.05, 0.1) is 13.3 Å². The number of thiazole rings is 1. The number of ether oxygens (including phenoxy) is 1. The molecule has 0 aliphatic heterocycles. The van der Waals surface area contributed by atoms with E-state index in [1.807, 2.05) is 24.3 Å². The van der Waals surface area contributed by atoms with Gasteiger partial charge in [-0.1, -0.05) is 0 Å². The SMILES string of the molecule is COc1ccc(-c2ncc(C(=O)NC(C)CC(=O)c3ccc(F)cc3)s2)cc1. The Bertz CT molecular complexity index is 968. The van der Waals surface area contributed by atoms with Crippen molar-refractivity contribution in [2.45, 2.75) is 19.4 Å². The summed E-state index contributed by atoms with van der Waals surface area (Å²) in [4.78, 5) is 29.4. The number of methoxy groups -OCH3 is 1. The molecule has 7 heteroatoms. The molecule has 2 aromatic carbocycles. The molecule has 1 unspecified atom stereocenters. The number of amides is 1. The number of carbonyl (C=O) groups is 2. The molecule has 1 aromatic heterocycles. The van der Waals surface area contributed by atoms with Gasteiger partial charge >= 0.3 is 0 Å². The highest BCUT2D eigenvalue weighted by atomic mass is 32.1. The molecule has 0 spiro atoms. The second-order valence-electron chi connectivity index (χ2n) is 6.27. The monoisotopic (exact) mass is 398 g/mol. The zero-order valence-corrected chi connectivity index (χ0v) is 16.3. The van der Waals surface area contributed by atoms with Crippen molar-refractivity contribution in [3.8, 4) is 16.3 Å². The Morgan fingerprint density at radius 3 is 2.46 bits per heavy atom. The van der Waals surface area contributed by atoms with Gasteiger partial charge in [0.25, 0.3) is 5.91 Å². The molecule has 0 bridgehead atoms. The van der Waals surface area contributed by atoms with Crippen LogP contribution in [0.4, 0.5) is 4.39 Å². The zero-order chi connectivity index (χ0) is 20.1. The van der Waals surface area contributed by atoms with Crippen molar-refractivity contribution in [1.82, 2.24) is 10.3 Å². The van der Waals surface area contributed by atoms with Crippen molar-refractivity contribution >= 4 is 23.0 Å². The van der Waals surface area contributed by atoms with E-state index in [1.165, 1.54) is 41.8 Å². The van der Waals surface area contributed by atoms with Crippen LogP contribution in [0, 0.1) is 5.82 Å². The van der Waals surface area contributed by atoms with E-state index in [9.17, 15) is 14.0 Å². The third-order valence-electron chi connectivity index (χ3n) is 4.10. The average Bonchev–Trinajstić information content (AvgIpc) is 3.19. The predicted octanol–water partition coefficient (Wildman–Crippen LogP) is 4.35. The molecule has 0 aliphatic carbocycles. The fraction of sp³-hybridized carbons (Fsp3) is 0.190. The van der Waals surface area contributed by atoms with E-state index >= 15 is 0 Å². The summed E-state index contributed by atoms with van der Waals surface area (Å²) in [5, 5.41) is 3.53. The van der Waals surface area contributed by atoms with Crippen LogP contribution in [0.15, 0.2) is 54.7 Å².